The molecule has 1 saturated heterocycles. The molecular weight excluding hydrogens is 418 g/mol. The molecule has 1 N–H and O–H groups in total. The van der Waals surface area contributed by atoms with E-state index >= 15 is 0 Å². The van der Waals surface area contributed by atoms with Gasteiger partial charge < -0.3 is 14.9 Å². The van der Waals surface area contributed by atoms with Crippen molar-refractivity contribution in [3.05, 3.63) is 71.4 Å². The highest BCUT2D eigenvalue weighted by Crippen LogP contribution is 2.39. The fourth-order valence-corrected chi connectivity index (χ4v) is 4.53. The van der Waals surface area contributed by atoms with Crippen molar-refractivity contribution in [3.8, 4) is 0 Å². The molecule has 172 valence electrons. The summed E-state index contributed by atoms with van der Waals surface area (Å²) in [6, 6.07) is 8.41. The predicted octanol–water partition coefficient (Wildman–Crippen LogP) is 3.19. The molecule has 3 aromatic rings. The molecule has 4 rings (SSSR count). The topological polar surface area (TPSA) is 91.0 Å². The first-order chi connectivity index (χ1) is 16.0. The highest BCUT2D eigenvalue weighted by Gasteiger charge is 2.46. The zero-order valence-electron chi connectivity index (χ0n) is 19.2. The van der Waals surface area contributed by atoms with E-state index in [4.69, 9.17) is 0 Å². The van der Waals surface area contributed by atoms with Crippen LogP contribution in [0.5, 0.6) is 0 Å². The third kappa shape index (κ3) is 4.14. The van der Waals surface area contributed by atoms with E-state index in [0.29, 0.717) is 29.1 Å². The van der Waals surface area contributed by atoms with Crippen LogP contribution in [0.1, 0.15) is 43.3 Å². The first kappa shape index (κ1) is 22.7. The van der Waals surface area contributed by atoms with Gasteiger partial charge in [0.15, 0.2) is 5.76 Å². The number of fused-ring (bicyclic) bond motifs is 1. The second-order valence-corrected chi connectivity index (χ2v) is 8.13. The number of pyridine rings is 2. The number of hydrogen-bond acceptors (Lipinski definition) is 6. The Kier molecular flexibility index (Phi) is 6.55. The number of Topliss-reactive ketones (excluding diaryl/α,β-unsaturated/α-hetero) is 1. The molecule has 1 fully saturated rings. The molecule has 0 bridgehead atoms. The predicted molar refractivity (Wildman–Crippen MR) is 126 cm³/mol. The summed E-state index contributed by atoms with van der Waals surface area (Å²) in [4.78, 5) is 38.9. The Bertz CT molecular complexity index is 1200. The van der Waals surface area contributed by atoms with E-state index in [2.05, 4.69) is 28.7 Å². The molecule has 1 aliphatic heterocycles. The number of hydrogen-bond donors (Lipinski definition) is 1. The van der Waals surface area contributed by atoms with Crippen molar-refractivity contribution in [2.45, 2.75) is 33.2 Å². The lowest BCUT2D eigenvalue weighted by Crippen LogP contribution is -2.33. The summed E-state index contributed by atoms with van der Waals surface area (Å²) in [6.45, 7) is 9.06. The van der Waals surface area contributed by atoms with Crippen LogP contribution in [0.3, 0.4) is 0 Å². The molecule has 0 spiro atoms. The monoisotopic (exact) mass is 447 g/mol. The number of nitrogens with zero attached hydrogens (tertiary/aromatic N) is 5. The van der Waals surface area contributed by atoms with Crippen LogP contribution in [0.15, 0.2) is 54.5 Å². The standard InChI is InChI=1S/C25H29N5O3/c1-4-28(5-2)13-9-15-30-22(18-10-8-12-26-16-18)20(24(32)25(30)33)23(31)21-17(3)27-19-11-6-7-14-29(19)21/h6-8,10-12,14,16,22,31H,4-5,9,13,15H2,1-3H3/b23-20-. The molecule has 1 aliphatic rings. The maximum absolute atomic E-state index is 13.2. The lowest BCUT2D eigenvalue weighted by molar-refractivity contribution is -0.140. The lowest BCUT2D eigenvalue weighted by atomic mass is 9.97. The van der Waals surface area contributed by atoms with E-state index in [-0.39, 0.29) is 11.3 Å². The molecule has 33 heavy (non-hydrogen) atoms. The van der Waals surface area contributed by atoms with E-state index in [1.807, 2.05) is 24.3 Å². The zero-order chi connectivity index (χ0) is 23.5. The third-order valence-corrected chi connectivity index (χ3v) is 6.24. The minimum atomic E-state index is -0.705. The second-order valence-electron chi connectivity index (χ2n) is 8.13. The van der Waals surface area contributed by atoms with Gasteiger partial charge >= 0.3 is 0 Å². The fraction of sp³-hybridized carbons (Fsp3) is 0.360. The van der Waals surface area contributed by atoms with Gasteiger partial charge in [0.05, 0.1) is 17.3 Å². The number of carbonyl (C=O) groups is 2. The number of rotatable bonds is 8. The molecule has 1 amide bonds. The summed E-state index contributed by atoms with van der Waals surface area (Å²) in [5, 5.41) is 11.4. The van der Waals surface area contributed by atoms with Crippen molar-refractivity contribution in [2.75, 3.05) is 26.2 Å². The molecular formula is C25H29N5O3. The Hall–Kier alpha value is -3.52. The van der Waals surface area contributed by atoms with Crippen LogP contribution in [-0.2, 0) is 9.59 Å². The van der Waals surface area contributed by atoms with Gasteiger partial charge in [-0.2, -0.15) is 0 Å². The molecule has 0 aliphatic carbocycles. The third-order valence-electron chi connectivity index (χ3n) is 6.24. The number of amides is 1. The summed E-state index contributed by atoms with van der Waals surface area (Å²) >= 11 is 0. The minimum absolute atomic E-state index is 0.0737. The molecule has 0 saturated carbocycles. The van der Waals surface area contributed by atoms with Gasteiger partial charge in [0.2, 0.25) is 0 Å². The number of aliphatic hydroxyl groups excluding tert-OH is 1. The highest BCUT2D eigenvalue weighted by molar-refractivity contribution is 6.46. The molecule has 1 unspecified atom stereocenters. The number of aromatic nitrogens is 3. The van der Waals surface area contributed by atoms with E-state index in [1.165, 1.54) is 0 Å². The summed E-state index contributed by atoms with van der Waals surface area (Å²) < 4.78 is 1.73. The molecule has 8 heteroatoms. The Morgan fingerprint density at radius 2 is 1.94 bits per heavy atom. The first-order valence-corrected chi connectivity index (χ1v) is 11.3. The van der Waals surface area contributed by atoms with Gasteiger partial charge in [-0.15, -0.1) is 0 Å². The van der Waals surface area contributed by atoms with Gasteiger partial charge in [-0.25, -0.2) is 4.98 Å². The van der Waals surface area contributed by atoms with E-state index in [1.54, 1.807) is 40.9 Å². The fourth-order valence-electron chi connectivity index (χ4n) is 4.53. The van der Waals surface area contributed by atoms with Crippen LogP contribution in [0.25, 0.3) is 11.4 Å². The van der Waals surface area contributed by atoms with E-state index in [9.17, 15) is 14.7 Å². The van der Waals surface area contributed by atoms with Crippen LogP contribution in [0, 0.1) is 6.92 Å². The van der Waals surface area contributed by atoms with Gasteiger partial charge in [0.25, 0.3) is 11.7 Å². The van der Waals surface area contributed by atoms with Gasteiger partial charge in [-0.1, -0.05) is 26.0 Å². The van der Waals surface area contributed by atoms with Crippen LogP contribution in [0.2, 0.25) is 0 Å². The largest absolute Gasteiger partial charge is 0.505 e. The average Bonchev–Trinajstić information content (AvgIpc) is 3.30. The van der Waals surface area contributed by atoms with Crippen LogP contribution in [0.4, 0.5) is 0 Å². The summed E-state index contributed by atoms with van der Waals surface area (Å²) in [6.07, 6.45) is 5.79. The van der Waals surface area contributed by atoms with E-state index < -0.39 is 17.7 Å². The number of aliphatic hydroxyl groups is 1. The Balaban J connectivity index is 1.80. The Labute approximate surface area is 193 Å². The minimum Gasteiger partial charge on any atom is -0.505 e. The summed E-state index contributed by atoms with van der Waals surface area (Å²) in [5.41, 5.74) is 2.41. The number of likely N-dealkylation sites (tertiary alicyclic amines) is 1. The quantitative estimate of drug-likeness (QED) is 0.324. The zero-order valence-corrected chi connectivity index (χ0v) is 19.2. The van der Waals surface area contributed by atoms with Crippen molar-refractivity contribution in [3.63, 3.8) is 0 Å². The van der Waals surface area contributed by atoms with Crippen LogP contribution in [-0.4, -0.2) is 67.1 Å². The van der Waals surface area contributed by atoms with Crippen molar-refractivity contribution in [1.29, 1.82) is 0 Å². The smallest absolute Gasteiger partial charge is 0.295 e. The van der Waals surface area contributed by atoms with Gasteiger partial charge in [-0.3, -0.25) is 19.0 Å². The van der Waals surface area contributed by atoms with Gasteiger partial charge in [0.1, 0.15) is 11.3 Å². The van der Waals surface area contributed by atoms with Crippen molar-refractivity contribution >= 4 is 23.1 Å². The first-order valence-electron chi connectivity index (χ1n) is 11.3. The van der Waals surface area contributed by atoms with Crippen molar-refractivity contribution in [2.24, 2.45) is 0 Å². The molecule has 0 aromatic carbocycles. The molecule has 0 radical (unpaired) electrons. The second kappa shape index (κ2) is 9.54. The summed E-state index contributed by atoms with van der Waals surface area (Å²) in [7, 11) is 0. The molecule has 4 heterocycles. The molecule has 8 nitrogen and oxygen atoms in total. The highest BCUT2D eigenvalue weighted by atomic mass is 16.3. The van der Waals surface area contributed by atoms with Crippen molar-refractivity contribution < 1.29 is 14.7 Å². The SMILES string of the molecule is CCN(CC)CCCN1C(=O)C(=O)/C(=C(\O)c2c(C)nc3ccccn23)C1c1cccnc1. The number of aryl methyl sites for hydroxylation is 1. The lowest BCUT2D eigenvalue weighted by Gasteiger charge is -2.26. The normalized spacial score (nSPS) is 18.1. The van der Waals surface area contributed by atoms with Gasteiger partial charge in [-0.05, 0) is 56.7 Å². The van der Waals surface area contributed by atoms with E-state index in [0.717, 1.165) is 26.1 Å². The number of ketones is 1. The maximum atomic E-state index is 13.2. The number of carbonyl (C=O) groups excluding carboxylic acids is 2. The van der Waals surface area contributed by atoms with Crippen LogP contribution < -0.4 is 0 Å². The molecule has 1 atom stereocenters. The number of imidazole rings is 1. The maximum Gasteiger partial charge on any atom is 0.295 e. The molecule has 3 aromatic heterocycles. The van der Waals surface area contributed by atoms with Gasteiger partial charge in [0, 0.05) is 25.1 Å². The Morgan fingerprint density at radius 1 is 1.15 bits per heavy atom. The average molecular weight is 448 g/mol. The Morgan fingerprint density at radius 3 is 2.64 bits per heavy atom. The van der Waals surface area contributed by atoms with Crippen LogP contribution >= 0.6 is 0 Å². The summed E-state index contributed by atoms with van der Waals surface area (Å²) in [5.74, 6) is -1.50. The van der Waals surface area contributed by atoms with Crippen molar-refractivity contribution in [1.82, 2.24) is 24.2 Å².